The predicted octanol–water partition coefficient (Wildman–Crippen LogP) is 1.05. The number of para-hydroxylation sites is 2. The van der Waals surface area contributed by atoms with Crippen molar-refractivity contribution in [1.29, 1.82) is 0 Å². The molecule has 0 heterocycles. The van der Waals surface area contributed by atoms with Crippen LogP contribution in [0.15, 0.2) is 29.3 Å². The van der Waals surface area contributed by atoms with Gasteiger partial charge in [-0.25, -0.2) is 4.99 Å². The Labute approximate surface area is 89.2 Å². The first-order valence-corrected chi connectivity index (χ1v) is 4.41. The Bertz CT molecular complexity index is 393. The maximum absolute atomic E-state index is 5.60. The Morgan fingerprint density at radius 1 is 1.60 bits per heavy atom. The fourth-order valence-corrected chi connectivity index (χ4v) is 1.06. The first kappa shape index (κ1) is 10.9. The third kappa shape index (κ3) is 3.24. The van der Waals surface area contributed by atoms with Gasteiger partial charge in [-0.2, -0.15) is 0 Å². The maximum Gasteiger partial charge on any atom is 0.194 e. The molecule has 4 heteroatoms. The zero-order chi connectivity index (χ0) is 11.1. The second-order valence-electron chi connectivity index (χ2n) is 2.73. The topological polar surface area (TPSA) is 59.6 Å². The number of nitrogens with two attached hydrogens (primary N) is 1. The van der Waals surface area contributed by atoms with Gasteiger partial charge in [-0.1, -0.05) is 18.1 Å². The number of terminal acetylenes is 1. The summed E-state index contributed by atoms with van der Waals surface area (Å²) in [6.07, 6.45) is 5.06. The van der Waals surface area contributed by atoms with E-state index in [9.17, 15) is 0 Å². The van der Waals surface area contributed by atoms with E-state index < -0.39 is 0 Å². The molecule has 0 aliphatic carbocycles. The summed E-state index contributed by atoms with van der Waals surface area (Å²) in [6, 6.07) is 7.42. The number of anilines is 1. The average molecular weight is 203 g/mol. The Hall–Kier alpha value is -2.15. The number of ether oxygens (including phenoxy) is 1. The molecule has 0 saturated carbocycles. The van der Waals surface area contributed by atoms with Crippen molar-refractivity contribution in [1.82, 2.24) is 0 Å². The standard InChI is InChI=1S/C11H13N3O/c1-3-8-13-11(12)14-9-6-4-5-7-10(9)15-2/h1,4-7H,8H2,2H3,(H3,12,13,14). The molecule has 1 aromatic carbocycles. The third-order valence-corrected chi connectivity index (χ3v) is 1.71. The molecule has 0 aliphatic heterocycles. The van der Waals surface area contributed by atoms with Gasteiger partial charge < -0.3 is 15.8 Å². The molecule has 1 aromatic rings. The lowest BCUT2D eigenvalue weighted by Gasteiger charge is -2.09. The van der Waals surface area contributed by atoms with Gasteiger partial charge in [-0.15, -0.1) is 6.42 Å². The molecule has 0 bridgehead atoms. The second-order valence-corrected chi connectivity index (χ2v) is 2.73. The van der Waals surface area contributed by atoms with Gasteiger partial charge in [0.05, 0.1) is 12.8 Å². The molecule has 0 unspecified atom stereocenters. The van der Waals surface area contributed by atoms with Crippen LogP contribution in [0.2, 0.25) is 0 Å². The van der Waals surface area contributed by atoms with Crippen LogP contribution < -0.4 is 15.8 Å². The number of guanidine groups is 1. The summed E-state index contributed by atoms with van der Waals surface area (Å²) < 4.78 is 5.14. The van der Waals surface area contributed by atoms with Gasteiger partial charge in [0.25, 0.3) is 0 Å². The first-order chi connectivity index (χ1) is 7.27. The van der Waals surface area contributed by atoms with Crippen LogP contribution in [0.5, 0.6) is 5.75 Å². The fraction of sp³-hybridized carbons (Fsp3) is 0.182. The molecule has 3 N–H and O–H groups in total. The molecule has 0 fully saturated rings. The lowest BCUT2D eigenvalue weighted by Crippen LogP contribution is -2.23. The molecule has 0 spiro atoms. The number of aliphatic imine (C=N–C) groups is 1. The minimum Gasteiger partial charge on any atom is -0.495 e. The smallest absolute Gasteiger partial charge is 0.194 e. The van der Waals surface area contributed by atoms with Crippen LogP contribution in [0.3, 0.4) is 0 Å². The number of nitrogens with zero attached hydrogens (tertiary/aromatic N) is 1. The van der Waals surface area contributed by atoms with E-state index in [1.165, 1.54) is 0 Å². The normalized spacial score (nSPS) is 10.5. The van der Waals surface area contributed by atoms with Crippen molar-refractivity contribution < 1.29 is 4.74 Å². The van der Waals surface area contributed by atoms with E-state index in [1.54, 1.807) is 7.11 Å². The molecular formula is C11H13N3O. The van der Waals surface area contributed by atoms with Crippen LogP contribution in [-0.2, 0) is 0 Å². The maximum atomic E-state index is 5.60. The molecule has 1 rings (SSSR count). The lowest BCUT2D eigenvalue weighted by molar-refractivity contribution is 0.417. The van der Waals surface area contributed by atoms with Gasteiger partial charge in [0.1, 0.15) is 12.3 Å². The third-order valence-electron chi connectivity index (χ3n) is 1.71. The highest BCUT2D eigenvalue weighted by molar-refractivity contribution is 5.93. The second kappa shape index (κ2) is 5.55. The number of benzene rings is 1. The van der Waals surface area contributed by atoms with Crippen LogP contribution in [0.1, 0.15) is 0 Å². The van der Waals surface area contributed by atoms with Crippen molar-refractivity contribution in [3.05, 3.63) is 24.3 Å². The quantitative estimate of drug-likeness (QED) is 0.438. The Balaban J connectivity index is 2.76. The summed E-state index contributed by atoms with van der Waals surface area (Å²) in [7, 11) is 1.59. The highest BCUT2D eigenvalue weighted by Crippen LogP contribution is 2.22. The van der Waals surface area contributed by atoms with Crippen LogP contribution in [0.4, 0.5) is 5.69 Å². The highest BCUT2D eigenvalue weighted by Gasteiger charge is 2.01. The minimum absolute atomic E-state index is 0.258. The largest absolute Gasteiger partial charge is 0.495 e. The van der Waals surface area contributed by atoms with Crippen molar-refractivity contribution in [2.24, 2.45) is 10.7 Å². The lowest BCUT2D eigenvalue weighted by atomic mass is 10.3. The summed E-state index contributed by atoms with van der Waals surface area (Å²) in [4.78, 5) is 3.90. The molecule has 0 aromatic heterocycles. The van der Waals surface area contributed by atoms with Crippen LogP contribution >= 0.6 is 0 Å². The number of hydrogen-bond acceptors (Lipinski definition) is 2. The summed E-state index contributed by atoms with van der Waals surface area (Å²) in [5, 5.41) is 2.90. The Morgan fingerprint density at radius 2 is 2.33 bits per heavy atom. The summed E-state index contributed by atoms with van der Waals surface area (Å²) in [5.74, 6) is 3.35. The SMILES string of the molecule is C#CCN=C(N)Nc1ccccc1OC. The number of hydrogen-bond donors (Lipinski definition) is 2. The van der Waals surface area contributed by atoms with E-state index in [2.05, 4.69) is 16.2 Å². The Kier molecular flexibility index (Phi) is 4.05. The molecule has 78 valence electrons. The molecule has 0 aliphatic rings. The van der Waals surface area contributed by atoms with Gasteiger partial charge in [0.2, 0.25) is 0 Å². The van der Waals surface area contributed by atoms with Crippen LogP contribution in [0, 0.1) is 12.3 Å². The first-order valence-electron chi connectivity index (χ1n) is 4.41. The van der Waals surface area contributed by atoms with Crippen molar-refractivity contribution >= 4 is 11.6 Å². The van der Waals surface area contributed by atoms with Gasteiger partial charge in [-0.05, 0) is 12.1 Å². The van der Waals surface area contributed by atoms with E-state index in [-0.39, 0.29) is 12.5 Å². The van der Waals surface area contributed by atoms with E-state index in [0.29, 0.717) is 5.75 Å². The van der Waals surface area contributed by atoms with Crippen molar-refractivity contribution in [3.63, 3.8) is 0 Å². The predicted molar refractivity (Wildman–Crippen MR) is 61.9 cm³/mol. The number of methoxy groups -OCH3 is 1. The van der Waals surface area contributed by atoms with E-state index in [0.717, 1.165) is 5.69 Å². The van der Waals surface area contributed by atoms with Crippen molar-refractivity contribution in [2.75, 3.05) is 19.0 Å². The van der Waals surface area contributed by atoms with Gasteiger partial charge in [0.15, 0.2) is 5.96 Å². The molecule has 15 heavy (non-hydrogen) atoms. The van der Waals surface area contributed by atoms with Crippen molar-refractivity contribution in [3.8, 4) is 18.1 Å². The van der Waals surface area contributed by atoms with Crippen molar-refractivity contribution in [2.45, 2.75) is 0 Å². The summed E-state index contributed by atoms with van der Waals surface area (Å²) in [5.41, 5.74) is 6.37. The number of rotatable bonds is 3. The molecular weight excluding hydrogens is 190 g/mol. The van der Waals surface area contributed by atoms with E-state index in [1.807, 2.05) is 24.3 Å². The molecule has 4 nitrogen and oxygen atoms in total. The summed E-state index contributed by atoms with van der Waals surface area (Å²) in [6.45, 7) is 0.258. The van der Waals surface area contributed by atoms with Gasteiger partial charge in [-0.3, -0.25) is 0 Å². The number of nitrogens with one attached hydrogen (secondary N) is 1. The molecule has 0 atom stereocenters. The molecule has 0 amide bonds. The zero-order valence-electron chi connectivity index (χ0n) is 8.53. The van der Waals surface area contributed by atoms with Gasteiger partial charge in [0, 0.05) is 0 Å². The highest BCUT2D eigenvalue weighted by atomic mass is 16.5. The molecule has 0 saturated heterocycles. The fourth-order valence-electron chi connectivity index (χ4n) is 1.06. The monoisotopic (exact) mass is 203 g/mol. The van der Waals surface area contributed by atoms with Gasteiger partial charge >= 0.3 is 0 Å². The van der Waals surface area contributed by atoms with E-state index >= 15 is 0 Å². The average Bonchev–Trinajstić information content (AvgIpc) is 2.27. The molecule has 0 radical (unpaired) electrons. The van der Waals surface area contributed by atoms with Crippen LogP contribution in [0.25, 0.3) is 0 Å². The Morgan fingerprint density at radius 3 is 3.00 bits per heavy atom. The van der Waals surface area contributed by atoms with Crippen LogP contribution in [-0.4, -0.2) is 19.6 Å². The zero-order valence-corrected chi connectivity index (χ0v) is 8.53. The minimum atomic E-state index is 0.258. The van der Waals surface area contributed by atoms with E-state index in [4.69, 9.17) is 16.9 Å². The summed E-state index contributed by atoms with van der Waals surface area (Å²) >= 11 is 0.